The van der Waals surface area contributed by atoms with Crippen molar-refractivity contribution in [3.05, 3.63) is 119 Å². The van der Waals surface area contributed by atoms with Gasteiger partial charge in [-0.25, -0.2) is 13.2 Å². The van der Waals surface area contributed by atoms with E-state index < -0.39 is 59.3 Å². The van der Waals surface area contributed by atoms with E-state index in [1.54, 1.807) is 18.2 Å². The van der Waals surface area contributed by atoms with Crippen LogP contribution in [0.2, 0.25) is 0 Å². The predicted molar refractivity (Wildman–Crippen MR) is 147 cm³/mol. The molecule has 0 saturated heterocycles. The van der Waals surface area contributed by atoms with Crippen LogP contribution < -0.4 is 11.1 Å². The van der Waals surface area contributed by atoms with Crippen molar-refractivity contribution in [2.75, 3.05) is 0 Å². The van der Waals surface area contributed by atoms with E-state index in [2.05, 4.69) is 22.0 Å². The highest BCUT2D eigenvalue weighted by molar-refractivity contribution is 5.94. The van der Waals surface area contributed by atoms with Gasteiger partial charge in [-0.3, -0.25) is 19.3 Å². The van der Waals surface area contributed by atoms with Crippen molar-refractivity contribution in [1.29, 1.82) is 0 Å². The molecule has 13 heteroatoms. The van der Waals surface area contributed by atoms with Gasteiger partial charge in [0.25, 0.3) is 5.91 Å². The number of allylic oxidation sites excluding steroid dienone is 1. The smallest absolute Gasteiger partial charge is 0.366 e. The number of hydrogen-bond acceptors (Lipinski definition) is 4. The Kier molecular flexibility index (Phi) is 8.31. The quantitative estimate of drug-likeness (QED) is 0.193. The van der Waals surface area contributed by atoms with E-state index in [1.807, 2.05) is 0 Å². The fourth-order valence-electron chi connectivity index (χ4n) is 5.46. The van der Waals surface area contributed by atoms with Gasteiger partial charge in [0.1, 0.15) is 24.0 Å². The van der Waals surface area contributed by atoms with Gasteiger partial charge in [-0.1, -0.05) is 18.2 Å². The van der Waals surface area contributed by atoms with E-state index >= 15 is 0 Å². The van der Waals surface area contributed by atoms with E-state index in [0.717, 1.165) is 22.9 Å². The molecule has 7 nitrogen and oxygen atoms in total. The molecular weight excluding hydrogens is 588 g/mol. The SMILES string of the molecule is C=CC1Cc2c(C(F)(F)F)nn(CC(=O)NC(Cc3cc(F)cc(F)c3)c3ncccc3-c3ccc(F)c(C(N)=O)c3)c2C1. The normalized spacial score (nSPS) is 15.1. The topological polar surface area (TPSA) is 103 Å². The van der Waals surface area contributed by atoms with Crippen LogP contribution in [0.4, 0.5) is 26.3 Å². The van der Waals surface area contributed by atoms with Crippen LogP contribution >= 0.6 is 0 Å². The zero-order valence-corrected chi connectivity index (χ0v) is 23.0. The number of pyridine rings is 1. The number of amides is 2. The molecule has 1 aliphatic rings. The molecule has 2 heterocycles. The number of carbonyl (C=O) groups excluding carboxylic acids is 2. The molecule has 44 heavy (non-hydrogen) atoms. The van der Waals surface area contributed by atoms with Crippen molar-refractivity contribution in [3.8, 4) is 11.1 Å². The molecule has 0 fully saturated rings. The summed E-state index contributed by atoms with van der Waals surface area (Å²) in [6, 6.07) is 8.48. The first-order chi connectivity index (χ1) is 20.8. The van der Waals surface area contributed by atoms with E-state index in [4.69, 9.17) is 5.73 Å². The molecule has 2 amide bonds. The van der Waals surface area contributed by atoms with Gasteiger partial charge in [-0.05, 0) is 66.6 Å². The lowest BCUT2D eigenvalue weighted by atomic mass is 9.94. The number of nitrogens with one attached hydrogen (secondary N) is 1. The van der Waals surface area contributed by atoms with Gasteiger partial charge in [0.2, 0.25) is 5.91 Å². The second-order valence-corrected chi connectivity index (χ2v) is 10.4. The Morgan fingerprint density at radius 2 is 1.82 bits per heavy atom. The number of benzene rings is 2. The number of nitrogens with zero attached hydrogens (tertiary/aromatic N) is 3. The van der Waals surface area contributed by atoms with Gasteiger partial charge in [-0.15, -0.1) is 6.58 Å². The lowest BCUT2D eigenvalue weighted by Crippen LogP contribution is -2.34. The van der Waals surface area contributed by atoms with Gasteiger partial charge in [0.15, 0.2) is 5.69 Å². The average molecular weight is 614 g/mol. The molecule has 2 aromatic carbocycles. The molecule has 4 aromatic rings. The largest absolute Gasteiger partial charge is 0.435 e. The Hall–Kier alpha value is -4.94. The van der Waals surface area contributed by atoms with Gasteiger partial charge >= 0.3 is 6.18 Å². The summed E-state index contributed by atoms with van der Waals surface area (Å²) >= 11 is 0. The Balaban J connectivity index is 1.52. The lowest BCUT2D eigenvalue weighted by molar-refractivity contribution is -0.142. The second-order valence-electron chi connectivity index (χ2n) is 10.4. The van der Waals surface area contributed by atoms with Crippen LogP contribution in [0, 0.1) is 23.4 Å². The molecule has 0 spiro atoms. The van der Waals surface area contributed by atoms with E-state index in [0.29, 0.717) is 17.2 Å². The highest BCUT2D eigenvalue weighted by Crippen LogP contribution is 2.38. The monoisotopic (exact) mass is 613 g/mol. The maximum Gasteiger partial charge on any atom is 0.435 e. The fraction of sp³-hybridized carbons (Fsp3) is 0.226. The van der Waals surface area contributed by atoms with Crippen LogP contribution in [-0.4, -0.2) is 26.6 Å². The van der Waals surface area contributed by atoms with Gasteiger partial charge in [-0.2, -0.15) is 18.3 Å². The molecule has 0 radical (unpaired) electrons. The van der Waals surface area contributed by atoms with Crippen molar-refractivity contribution in [2.45, 2.75) is 38.0 Å². The number of hydrogen-bond donors (Lipinski definition) is 2. The average Bonchev–Trinajstić information content (AvgIpc) is 3.52. The lowest BCUT2D eigenvalue weighted by Gasteiger charge is -2.22. The first-order valence-corrected chi connectivity index (χ1v) is 13.4. The van der Waals surface area contributed by atoms with Crippen LogP contribution in [0.3, 0.4) is 0 Å². The fourth-order valence-corrected chi connectivity index (χ4v) is 5.46. The maximum atomic E-state index is 14.2. The van der Waals surface area contributed by atoms with E-state index in [1.165, 1.54) is 18.3 Å². The van der Waals surface area contributed by atoms with Crippen LogP contribution in [0.1, 0.15) is 44.6 Å². The van der Waals surface area contributed by atoms with Crippen molar-refractivity contribution in [3.63, 3.8) is 0 Å². The molecule has 3 N–H and O–H groups in total. The minimum absolute atomic E-state index is 0.00978. The highest BCUT2D eigenvalue weighted by Gasteiger charge is 2.42. The van der Waals surface area contributed by atoms with Crippen molar-refractivity contribution < 1.29 is 35.9 Å². The van der Waals surface area contributed by atoms with Gasteiger partial charge in [0.05, 0.1) is 17.3 Å². The molecule has 2 aromatic heterocycles. The predicted octanol–water partition coefficient (Wildman–Crippen LogP) is 5.48. The first-order valence-electron chi connectivity index (χ1n) is 13.4. The van der Waals surface area contributed by atoms with E-state index in [-0.39, 0.29) is 47.7 Å². The molecular formula is C31H25F6N5O2. The molecule has 5 rings (SSSR count). The summed E-state index contributed by atoms with van der Waals surface area (Å²) in [6.07, 6.45) is -1.65. The summed E-state index contributed by atoms with van der Waals surface area (Å²) in [4.78, 5) is 29.6. The highest BCUT2D eigenvalue weighted by atomic mass is 19.4. The first kappa shape index (κ1) is 30.5. The number of rotatable bonds is 9. The van der Waals surface area contributed by atoms with Gasteiger partial charge in [0, 0.05) is 29.1 Å². The summed E-state index contributed by atoms with van der Waals surface area (Å²) in [5.74, 6) is -4.58. The van der Waals surface area contributed by atoms with E-state index in [9.17, 15) is 35.9 Å². The van der Waals surface area contributed by atoms with Crippen molar-refractivity contribution in [2.24, 2.45) is 11.7 Å². The Morgan fingerprint density at radius 3 is 2.48 bits per heavy atom. The number of primary amides is 1. The number of fused-ring (bicyclic) bond motifs is 1. The Bertz CT molecular complexity index is 1750. The van der Waals surface area contributed by atoms with Crippen LogP contribution in [0.25, 0.3) is 11.1 Å². The third kappa shape index (κ3) is 6.36. The molecule has 0 aliphatic heterocycles. The number of nitrogens with two attached hydrogens (primary N) is 1. The third-order valence-electron chi connectivity index (χ3n) is 7.39. The molecule has 2 unspecified atom stereocenters. The summed E-state index contributed by atoms with van der Waals surface area (Å²) in [5, 5.41) is 6.42. The maximum absolute atomic E-state index is 14.2. The van der Waals surface area contributed by atoms with Crippen LogP contribution in [0.15, 0.2) is 67.4 Å². The molecule has 2 atom stereocenters. The number of aromatic nitrogens is 3. The van der Waals surface area contributed by atoms with Crippen molar-refractivity contribution >= 4 is 11.8 Å². The molecule has 0 bridgehead atoms. The van der Waals surface area contributed by atoms with Gasteiger partial charge < -0.3 is 11.1 Å². The summed E-state index contributed by atoms with van der Waals surface area (Å²) < 4.78 is 84.7. The minimum Gasteiger partial charge on any atom is -0.366 e. The summed E-state index contributed by atoms with van der Waals surface area (Å²) in [6.45, 7) is 3.09. The van der Waals surface area contributed by atoms with Crippen molar-refractivity contribution in [1.82, 2.24) is 20.1 Å². The number of alkyl halides is 3. The Morgan fingerprint density at radius 1 is 1.09 bits per heavy atom. The zero-order valence-electron chi connectivity index (χ0n) is 23.0. The third-order valence-corrected chi connectivity index (χ3v) is 7.39. The molecule has 0 saturated carbocycles. The zero-order chi connectivity index (χ0) is 31.8. The van der Waals surface area contributed by atoms with Crippen LogP contribution in [0.5, 0.6) is 0 Å². The summed E-state index contributed by atoms with van der Waals surface area (Å²) in [7, 11) is 0. The summed E-state index contributed by atoms with van der Waals surface area (Å²) in [5.41, 5.74) is 5.10. The number of carbonyl (C=O) groups is 2. The minimum atomic E-state index is -4.73. The standard InChI is InChI=1S/C31H25F6N5O2/c1-2-16-10-23-26(12-16)42(41-29(23)31(35,36)37)15-27(43)40-25(11-17-8-19(32)14-20(33)9-17)28-21(4-3-7-39-28)18-5-6-24(34)22(13-18)30(38)44/h2-9,13-14,16,25H,1,10-12,15H2,(H2,38,44)(H,40,43). The second kappa shape index (κ2) is 12.0. The molecule has 228 valence electrons. The number of halogens is 6. The Labute approximate surface area is 247 Å². The molecule has 1 aliphatic carbocycles. The van der Waals surface area contributed by atoms with Crippen LogP contribution in [-0.2, 0) is 36.8 Å².